The normalized spacial score (nSPS) is 13.4. The lowest BCUT2D eigenvalue weighted by molar-refractivity contribution is -0.702. The largest absolute Gasteiger partial charge is 0.466 e. The van der Waals surface area contributed by atoms with Gasteiger partial charge in [0.25, 0.3) is 0 Å². The van der Waals surface area contributed by atoms with Crippen molar-refractivity contribution in [3.05, 3.63) is 59.3 Å². The second-order valence-corrected chi connectivity index (χ2v) is 6.55. The van der Waals surface area contributed by atoms with Gasteiger partial charge in [-0.15, -0.1) is 0 Å². The molecule has 0 spiro atoms. The summed E-state index contributed by atoms with van der Waals surface area (Å²) < 4.78 is 18.9. The van der Waals surface area contributed by atoms with Crippen LogP contribution in [0.5, 0.6) is 0 Å². The average Bonchev–Trinajstić information content (AvgIpc) is 2.84. The molecule has 2 rings (SSSR count). The molecule has 0 aliphatic heterocycles. The van der Waals surface area contributed by atoms with E-state index in [9.17, 15) is 4.39 Å². The van der Waals surface area contributed by atoms with Crippen molar-refractivity contribution in [3.63, 3.8) is 0 Å². The number of rotatable bonds is 6. The van der Waals surface area contributed by atoms with Gasteiger partial charge >= 0.3 is 0 Å². The van der Waals surface area contributed by atoms with Crippen LogP contribution in [0.3, 0.4) is 0 Å². The Kier molecular flexibility index (Phi) is 4.84. The van der Waals surface area contributed by atoms with E-state index in [0.717, 1.165) is 30.0 Å². The van der Waals surface area contributed by atoms with Crippen molar-refractivity contribution in [1.29, 1.82) is 0 Å². The van der Waals surface area contributed by atoms with Crippen LogP contribution in [0.15, 0.2) is 40.8 Å². The molecule has 1 heterocycles. The Hall–Kier alpha value is -1.61. The summed E-state index contributed by atoms with van der Waals surface area (Å²) in [5, 5.41) is 2.26. The zero-order valence-corrected chi connectivity index (χ0v) is 13.3. The predicted octanol–water partition coefficient (Wildman–Crippen LogP) is 3.55. The van der Waals surface area contributed by atoms with Crippen LogP contribution in [-0.2, 0) is 12.0 Å². The van der Waals surface area contributed by atoms with Crippen LogP contribution >= 0.6 is 0 Å². The summed E-state index contributed by atoms with van der Waals surface area (Å²) in [4.78, 5) is 0. The van der Waals surface area contributed by atoms with Gasteiger partial charge in [0.2, 0.25) is 0 Å². The van der Waals surface area contributed by atoms with Crippen LogP contribution in [0.25, 0.3) is 0 Å². The lowest BCUT2D eigenvalue weighted by Crippen LogP contribution is -2.88. The molecule has 0 fully saturated rings. The minimum absolute atomic E-state index is 0.00607. The van der Waals surface area contributed by atoms with Crippen molar-refractivity contribution >= 4 is 0 Å². The van der Waals surface area contributed by atoms with Crippen LogP contribution in [-0.4, -0.2) is 6.04 Å². The molecule has 3 heteroatoms. The number of hydrogen-bond acceptors (Lipinski definition) is 1. The molecule has 0 aliphatic carbocycles. The molecule has 0 saturated carbocycles. The molecule has 0 saturated heterocycles. The number of aryl methyl sites for hydroxylation is 1. The van der Waals surface area contributed by atoms with Crippen molar-refractivity contribution in [1.82, 2.24) is 0 Å². The molecule has 0 amide bonds. The van der Waals surface area contributed by atoms with Gasteiger partial charge < -0.3 is 9.73 Å². The van der Waals surface area contributed by atoms with Crippen LogP contribution < -0.4 is 5.32 Å². The first kappa shape index (κ1) is 15.8. The molecule has 2 N–H and O–H groups in total. The third-order valence-corrected chi connectivity index (χ3v) is 3.88. The molecular formula is C18H25FNO+. The Morgan fingerprint density at radius 3 is 2.62 bits per heavy atom. The Morgan fingerprint density at radius 1 is 1.24 bits per heavy atom. The summed E-state index contributed by atoms with van der Waals surface area (Å²) in [6, 6.07) is 11.3. The van der Waals surface area contributed by atoms with Crippen LogP contribution in [0.4, 0.5) is 4.39 Å². The van der Waals surface area contributed by atoms with Crippen LogP contribution in [0.1, 0.15) is 44.3 Å². The van der Waals surface area contributed by atoms with Gasteiger partial charge in [-0.2, -0.15) is 0 Å². The van der Waals surface area contributed by atoms with Gasteiger partial charge in [-0.25, -0.2) is 4.39 Å². The van der Waals surface area contributed by atoms with E-state index in [1.165, 1.54) is 6.07 Å². The Morgan fingerprint density at radius 2 is 2.00 bits per heavy atom. The van der Waals surface area contributed by atoms with E-state index in [0.29, 0.717) is 6.04 Å². The van der Waals surface area contributed by atoms with Crippen LogP contribution in [0, 0.1) is 12.7 Å². The average molecular weight is 290 g/mol. The number of halogens is 1. The summed E-state index contributed by atoms with van der Waals surface area (Å²) >= 11 is 0. The zero-order valence-electron chi connectivity index (χ0n) is 13.3. The van der Waals surface area contributed by atoms with Gasteiger partial charge in [0.1, 0.15) is 23.9 Å². The SMILES string of the molecule is Cc1ccc(C(C)(C)C[C@@H](C)[NH2+]Cc2cccc(F)c2)o1. The molecular weight excluding hydrogens is 265 g/mol. The summed E-state index contributed by atoms with van der Waals surface area (Å²) in [5.41, 5.74) is 1.03. The van der Waals surface area contributed by atoms with E-state index in [2.05, 4.69) is 32.2 Å². The quantitative estimate of drug-likeness (QED) is 0.866. The smallest absolute Gasteiger partial charge is 0.123 e. The first-order chi connectivity index (χ1) is 9.87. The van der Waals surface area contributed by atoms with Gasteiger partial charge in [-0.05, 0) is 38.1 Å². The van der Waals surface area contributed by atoms with Gasteiger partial charge in [-0.3, -0.25) is 0 Å². The molecule has 21 heavy (non-hydrogen) atoms. The Balaban J connectivity index is 1.90. The number of benzene rings is 1. The molecule has 0 radical (unpaired) electrons. The van der Waals surface area contributed by atoms with E-state index in [-0.39, 0.29) is 11.2 Å². The van der Waals surface area contributed by atoms with Crippen molar-refractivity contribution in [3.8, 4) is 0 Å². The number of furan rings is 1. The van der Waals surface area contributed by atoms with Gasteiger partial charge in [-0.1, -0.05) is 26.0 Å². The molecule has 114 valence electrons. The maximum atomic E-state index is 13.2. The third-order valence-electron chi connectivity index (χ3n) is 3.88. The molecule has 1 aromatic carbocycles. The highest BCUT2D eigenvalue weighted by molar-refractivity contribution is 5.16. The monoisotopic (exact) mass is 290 g/mol. The van der Waals surface area contributed by atoms with E-state index in [1.807, 2.05) is 19.1 Å². The molecule has 0 unspecified atom stereocenters. The van der Waals surface area contributed by atoms with E-state index in [4.69, 9.17) is 4.42 Å². The fourth-order valence-electron chi connectivity index (χ4n) is 2.79. The zero-order chi connectivity index (χ0) is 15.5. The third kappa shape index (κ3) is 4.43. The molecule has 0 aliphatic rings. The summed E-state index contributed by atoms with van der Waals surface area (Å²) in [6.07, 6.45) is 1.01. The van der Waals surface area contributed by atoms with E-state index >= 15 is 0 Å². The van der Waals surface area contributed by atoms with E-state index < -0.39 is 0 Å². The molecule has 1 aromatic heterocycles. The highest BCUT2D eigenvalue weighted by Crippen LogP contribution is 2.29. The first-order valence-corrected chi connectivity index (χ1v) is 7.51. The molecule has 1 atom stereocenters. The fourth-order valence-corrected chi connectivity index (χ4v) is 2.79. The fraction of sp³-hybridized carbons (Fsp3) is 0.444. The maximum Gasteiger partial charge on any atom is 0.123 e. The number of hydrogen-bond donors (Lipinski definition) is 1. The lowest BCUT2D eigenvalue weighted by atomic mass is 9.83. The van der Waals surface area contributed by atoms with Crippen molar-refractivity contribution in [2.45, 2.75) is 52.1 Å². The highest BCUT2D eigenvalue weighted by Gasteiger charge is 2.28. The number of nitrogens with two attached hydrogens (primary N) is 1. The highest BCUT2D eigenvalue weighted by atomic mass is 19.1. The Bertz CT molecular complexity index is 588. The van der Waals surface area contributed by atoms with Gasteiger partial charge in [0.15, 0.2) is 0 Å². The van der Waals surface area contributed by atoms with E-state index in [1.54, 1.807) is 12.1 Å². The standard InChI is InChI=1S/C18H24FNO/c1-13(20-12-15-6-5-7-16(19)10-15)11-18(3,4)17-9-8-14(2)21-17/h5-10,13,20H,11-12H2,1-4H3/p+1/t13-/m1/s1. The molecule has 2 nitrogen and oxygen atoms in total. The number of quaternary nitrogens is 1. The van der Waals surface area contributed by atoms with Crippen molar-refractivity contribution < 1.29 is 14.1 Å². The van der Waals surface area contributed by atoms with Gasteiger partial charge in [0.05, 0.1) is 6.04 Å². The van der Waals surface area contributed by atoms with Crippen molar-refractivity contribution in [2.75, 3.05) is 0 Å². The minimum atomic E-state index is -0.167. The van der Waals surface area contributed by atoms with Crippen LogP contribution in [0.2, 0.25) is 0 Å². The Labute approximate surface area is 126 Å². The summed E-state index contributed by atoms with van der Waals surface area (Å²) in [6.45, 7) is 9.39. The van der Waals surface area contributed by atoms with Gasteiger partial charge in [0, 0.05) is 17.4 Å². The second kappa shape index (κ2) is 6.44. The van der Waals surface area contributed by atoms with Crippen molar-refractivity contribution in [2.24, 2.45) is 0 Å². The molecule has 0 bridgehead atoms. The lowest BCUT2D eigenvalue weighted by Gasteiger charge is -2.25. The topological polar surface area (TPSA) is 29.8 Å². The second-order valence-electron chi connectivity index (χ2n) is 6.55. The summed E-state index contributed by atoms with van der Waals surface area (Å²) in [5.74, 6) is 1.82. The maximum absolute atomic E-state index is 13.2. The summed E-state index contributed by atoms with van der Waals surface area (Å²) in [7, 11) is 0. The minimum Gasteiger partial charge on any atom is -0.466 e. The molecule has 2 aromatic rings. The predicted molar refractivity (Wildman–Crippen MR) is 82.6 cm³/mol. The first-order valence-electron chi connectivity index (χ1n) is 7.51.